The first kappa shape index (κ1) is 7.48. The monoisotopic (exact) mass is 227 g/mol. The lowest BCUT2D eigenvalue weighted by Crippen LogP contribution is -3.62. The SMILES string of the molecule is O[I+]CC(F)(F)F. The van der Waals surface area contributed by atoms with Gasteiger partial charge >= 0.3 is 27.8 Å². The molecule has 0 saturated heterocycles. The van der Waals surface area contributed by atoms with Crippen LogP contribution in [0.4, 0.5) is 13.2 Å². The number of alkyl halides is 4. The maximum Gasteiger partial charge on any atom is 0.482 e. The average molecular weight is 227 g/mol. The molecule has 0 aliphatic carbocycles. The van der Waals surface area contributed by atoms with E-state index in [4.69, 9.17) is 3.44 Å². The fraction of sp³-hybridized carbons (Fsp3) is 1.00. The minimum absolute atomic E-state index is 0.994. The summed E-state index contributed by atoms with van der Waals surface area (Å²) in [6.07, 6.45) is -4.15. The van der Waals surface area contributed by atoms with Crippen molar-refractivity contribution >= 4 is 0 Å². The van der Waals surface area contributed by atoms with Crippen LogP contribution >= 0.6 is 0 Å². The summed E-state index contributed by atoms with van der Waals surface area (Å²) in [5.74, 6) is 0. The molecular weight excluding hydrogens is 224 g/mol. The summed E-state index contributed by atoms with van der Waals surface area (Å²) in [6, 6.07) is 0. The van der Waals surface area contributed by atoms with Crippen molar-refractivity contribution in [1.82, 2.24) is 0 Å². The molecule has 0 aromatic rings. The summed E-state index contributed by atoms with van der Waals surface area (Å²) in [5.41, 5.74) is 0. The van der Waals surface area contributed by atoms with Gasteiger partial charge in [-0.05, 0) is 0 Å². The zero-order valence-electron chi connectivity index (χ0n) is 3.17. The van der Waals surface area contributed by atoms with E-state index in [2.05, 4.69) is 0 Å². The number of halogens is 4. The highest BCUT2D eigenvalue weighted by molar-refractivity contribution is 4.38. The molecule has 0 spiro atoms. The van der Waals surface area contributed by atoms with Gasteiger partial charge in [0.05, 0.1) is 0 Å². The standard InChI is InChI=1S/C2H3F3IO/c3-2(4,5)1-6-7/h7H,1H2/q+1. The van der Waals surface area contributed by atoms with E-state index in [-0.39, 0.29) is 0 Å². The van der Waals surface area contributed by atoms with Gasteiger partial charge in [-0.1, -0.05) is 0 Å². The summed E-state index contributed by atoms with van der Waals surface area (Å²) in [7, 11) is 0. The Labute approximate surface area is 49.3 Å². The van der Waals surface area contributed by atoms with Crippen LogP contribution in [0.25, 0.3) is 0 Å². The lowest BCUT2D eigenvalue weighted by atomic mass is 10.8. The van der Waals surface area contributed by atoms with Crippen LogP contribution < -0.4 is 21.6 Å². The molecule has 0 heterocycles. The first-order valence-corrected chi connectivity index (χ1v) is 3.85. The van der Waals surface area contributed by atoms with Crippen LogP contribution in [0.1, 0.15) is 0 Å². The normalized spacial score (nSPS) is 12.0. The Kier molecular flexibility index (Phi) is 2.89. The molecule has 0 amide bonds. The van der Waals surface area contributed by atoms with E-state index in [1.807, 2.05) is 0 Å². The molecule has 44 valence electrons. The van der Waals surface area contributed by atoms with Crippen molar-refractivity contribution in [3.63, 3.8) is 0 Å². The van der Waals surface area contributed by atoms with Crippen LogP contribution in [0.2, 0.25) is 0 Å². The highest BCUT2D eigenvalue weighted by Gasteiger charge is 2.35. The largest absolute Gasteiger partial charge is 0.482 e. The van der Waals surface area contributed by atoms with Gasteiger partial charge in [-0.2, -0.15) is 16.6 Å². The first-order chi connectivity index (χ1) is 3.06. The van der Waals surface area contributed by atoms with Crippen LogP contribution in [0, 0.1) is 0 Å². The molecular formula is C2H3F3IO+. The Hall–Kier alpha value is 0.480. The van der Waals surface area contributed by atoms with Gasteiger partial charge in [0.1, 0.15) is 0 Å². The molecule has 1 N–H and O–H groups in total. The van der Waals surface area contributed by atoms with E-state index in [0.29, 0.717) is 0 Å². The van der Waals surface area contributed by atoms with Gasteiger partial charge in [-0.3, -0.25) is 0 Å². The average Bonchev–Trinajstić information content (AvgIpc) is 1.30. The van der Waals surface area contributed by atoms with E-state index < -0.39 is 32.2 Å². The molecule has 0 saturated carbocycles. The lowest BCUT2D eigenvalue weighted by Gasteiger charge is -1.90. The fourth-order valence-electron chi connectivity index (χ4n) is 0.0678. The van der Waals surface area contributed by atoms with Crippen LogP contribution in [-0.2, 0) is 0 Å². The topological polar surface area (TPSA) is 20.2 Å². The number of hydrogen-bond acceptors (Lipinski definition) is 1. The molecule has 0 aromatic heterocycles. The predicted octanol–water partition coefficient (Wildman–Crippen LogP) is -2.46. The molecule has 0 aliphatic rings. The van der Waals surface area contributed by atoms with Gasteiger partial charge in [0.2, 0.25) is 0 Å². The molecule has 0 radical (unpaired) electrons. The Bertz CT molecular complexity index is 51.4. The minimum Gasteiger partial charge on any atom is -0.166 e. The third kappa shape index (κ3) is 6.48. The zero-order valence-corrected chi connectivity index (χ0v) is 5.32. The van der Waals surface area contributed by atoms with E-state index >= 15 is 0 Å². The molecule has 0 aliphatic heterocycles. The smallest absolute Gasteiger partial charge is 0.166 e. The molecule has 0 rings (SSSR count). The fourth-order valence-corrected chi connectivity index (χ4v) is 0.455. The Morgan fingerprint density at radius 1 is 1.43 bits per heavy atom. The van der Waals surface area contributed by atoms with Crippen LogP contribution in [-0.4, -0.2) is 14.0 Å². The molecule has 0 fully saturated rings. The molecule has 0 aromatic carbocycles. The van der Waals surface area contributed by atoms with E-state index in [1.54, 1.807) is 0 Å². The van der Waals surface area contributed by atoms with Crippen LogP contribution in [0.5, 0.6) is 0 Å². The summed E-state index contributed by atoms with van der Waals surface area (Å²) >= 11 is -1.61. The van der Waals surface area contributed by atoms with Crippen molar-refractivity contribution in [2.75, 3.05) is 4.43 Å². The molecule has 5 heteroatoms. The van der Waals surface area contributed by atoms with Crippen molar-refractivity contribution in [2.24, 2.45) is 0 Å². The summed E-state index contributed by atoms with van der Waals surface area (Å²) in [5, 5.41) is 0. The van der Waals surface area contributed by atoms with Crippen molar-refractivity contribution in [3.8, 4) is 0 Å². The highest BCUT2D eigenvalue weighted by atomic mass is 127. The van der Waals surface area contributed by atoms with Crippen LogP contribution in [0.15, 0.2) is 0 Å². The summed E-state index contributed by atoms with van der Waals surface area (Å²) in [6.45, 7) is 0. The molecule has 0 atom stereocenters. The first-order valence-electron chi connectivity index (χ1n) is 1.36. The highest BCUT2D eigenvalue weighted by Crippen LogP contribution is 2.08. The molecule has 7 heavy (non-hydrogen) atoms. The van der Waals surface area contributed by atoms with Crippen molar-refractivity contribution in [3.05, 3.63) is 0 Å². The van der Waals surface area contributed by atoms with E-state index in [1.165, 1.54) is 0 Å². The lowest BCUT2D eigenvalue weighted by molar-refractivity contribution is -0.896. The maximum absolute atomic E-state index is 10.9. The van der Waals surface area contributed by atoms with Crippen LogP contribution in [0.3, 0.4) is 0 Å². The second-order valence-corrected chi connectivity index (χ2v) is 2.31. The van der Waals surface area contributed by atoms with Crippen molar-refractivity contribution in [2.45, 2.75) is 6.18 Å². The van der Waals surface area contributed by atoms with E-state index in [0.717, 1.165) is 0 Å². The zero-order chi connectivity index (χ0) is 5.91. The van der Waals surface area contributed by atoms with Gasteiger partial charge in [0.25, 0.3) is 4.43 Å². The van der Waals surface area contributed by atoms with Crippen molar-refractivity contribution in [1.29, 1.82) is 0 Å². The van der Waals surface area contributed by atoms with Gasteiger partial charge in [0.15, 0.2) is 0 Å². The Balaban J connectivity index is 3.15. The van der Waals surface area contributed by atoms with Gasteiger partial charge in [-0.25, -0.2) is 0 Å². The second kappa shape index (κ2) is 2.71. The quantitative estimate of drug-likeness (QED) is 0.389. The Morgan fingerprint density at radius 3 is 1.86 bits per heavy atom. The molecule has 0 unspecified atom stereocenters. The van der Waals surface area contributed by atoms with E-state index in [9.17, 15) is 13.2 Å². The summed E-state index contributed by atoms with van der Waals surface area (Å²) in [4.78, 5) is 0. The van der Waals surface area contributed by atoms with Gasteiger partial charge in [-0.15, -0.1) is 0 Å². The Morgan fingerprint density at radius 2 is 1.86 bits per heavy atom. The molecule has 0 bridgehead atoms. The third-order valence-corrected chi connectivity index (χ3v) is 1.42. The molecule has 1 nitrogen and oxygen atoms in total. The second-order valence-electron chi connectivity index (χ2n) is 0.868. The number of rotatable bonds is 1. The predicted molar refractivity (Wildman–Crippen MR) is 13.1 cm³/mol. The van der Waals surface area contributed by atoms with Crippen molar-refractivity contribution < 1.29 is 38.2 Å². The van der Waals surface area contributed by atoms with Gasteiger partial charge < -0.3 is 0 Å². The number of hydrogen-bond donors (Lipinski definition) is 1. The summed E-state index contributed by atoms with van der Waals surface area (Å²) < 4.78 is 39.6. The van der Waals surface area contributed by atoms with Gasteiger partial charge in [0, 0.05) is 0 Å². The minimum atomic E-state index is -4.15. The maximum atomic E-state index is 10.9. The third-order valence-electron chi connectivity index (χ3n) is 0.211.